The van der Waals surface area contributed by atoms with Crippen LogP contribution in [0, 0.1) is 6.92 Å². The van der Waals surface area contributed by atoms with Crippen LogP contribution < -0.4 is 5.32 Å². The molecule has 1 amide bonds. The van der Waals surface area contributed by atoms with Crippen LogP contribution in [0.1, 0.15) is 21.7 Å². The molecule has 1 N–H and O–H groups in total. The molecule has 19 heavy (non-hydrogen) atoms. The van der Waals surface area contributed by atoms with Gasteiger partial charge in [-0.3, -0.25) is 15.1 Å². The summed E-state index contributed by atoms with van der Waals surface area (Å²) in [5.41, 5.74) is -1.71. The fraction of sp³-hybridized carbons (Fsp3) is 0.200. The third kappa shape index (κ3) is 2.87. The summed E-state index contributed by atoms with van der Waals surface area (Å²) in [6.45, 7) is 1.50. The average molecular weight is 272 g/mol. The minimum Gasteiger partial charge on any atom is -0.315 e. The number of amides is 1. The molecule has 0 spiro atoms. The van der Waals surface area contributed by atoms with Crippen LogP contribution >= 0.6 is 0 Å². The number of aryl methyl sites for hydroxylation is 1. The molecule has 0 radical (unpaired) electrons. The second-order valence-corrected chi connectivity index (χ2v) is 3.52. The van der Waals surface area contributed by atoms with Crippen molar-refractivity contribution in [3.8, 4) is 0 Å². The number of alkyl halides is 3. The molecule has 0 atom stereocenters. The van der Waals surface area contributed by atoms with E-state index in [0.717, 1.165) is 12.4 Å². The summed E-state index contributed by atoms with van der Waals surface area (Å²) >= 11 is 0. The first-order chi connectivity index (χ1) is 8.88. The van der Waals surface area contributed by atoms with Gasteiger partial charge in [0.05, 0.1) is 11.1 Å². The van der Waals surface area contributed by atoms with Gasteiger partial charge >= 0.3 is 12.2 Å². The summed E-state index contributed by atoms with van der Waals surface area (Å²) in [5.74, 6) is -0.776. The van der Waals surface area contributed by atoms with Crippen LogP contribution in [-0.4, -0.2) is 21.0 Å². The number of anilines is 1. The number of nitrogens with one attached hydrogen (secondary N) is 1. The normalized spacial score (nSPS) is 11.4. The van der Waals surface area contributed by atoms with Crippen molar-refractivity contribution in [3.05, 3.63) is 35.4 Å². The van der Waals surface area contributed by atoms with Crippen LogP contribution in [0.3, 0.4) is 0 Å². The maximum absolute atomic E-state index is 12.7. The Labute approximate surface area is 104 Å². The zero-order valence-electron chi connectivity index (χ0n) is 9.52. The van der Waals surface area contributed by atoms with Crippen LogP contribution in [0.15, 0.2) is 23.0 Å². The fourth-order valence-electron chi connectivity index (χ4n) is 1.33. The van der Waals surface area contributed by atoms with Crippen LogP contribution in [0.5, 0.6) is 0 Å². The highest BCUT2D eigenvalue weighted by atomic mass is 19.4. The van der Waals surface area contributed by atoms with Gasteiger partial charge < -0.3 is 4.52 Å². The standard InChI is InChI=1S/C10H7F3N4O2/c1-5-15-9(19-17-5)16-8(18)6-4-14-3-2-7(6)10(11,12)13/h2-4H,1H3,(H,15,16,17,18). The van der Waals surface area contributed by atoms with Gasteiger partial charge in [0, 0.05) is 12.4 Å². The third-order valence-corrected chi connectivity index (χ3v) is 2.12. The van der Waals surface area contributed by atoms with E-state index in [4.69, 9.17) is 0 Å². The molecule has 9 heteroatoms. The summed E-state index contributed by atoms with van der Waals surface area (Å²) < 4.78 is 42.7. The zero-order valence-corrected chi connectivity index (χ0v) is 9.52. The molecular weight excluding hydrogens is 265 g/mol. The molecule has 0 aromatic carbocycles. The van der Waals surface area contributed by atoms with Gasteiger partial charge in [0.2, 0.25) is 0 Å². The molecule has 0 saturated carbocycles. The van der Waals surface area contributed by atoms with Gasteiger partial charge in [-0.15, -0.1) is 0 Å². The quantitative estimate of drug-likeness (QED) is 0.904. The summed E-state index contributed by atoms with van der Waals surface area (Å²) in [6.07, 6.45) is -2.88. The molecule has 2 aromatic rings. The second-order valence-electron chi connectivity index (χ2n) is 3.52. The first kappa shape index (κ1) is 13.0. The van der Waals surface area contributed by atoms with Gasteiger partial charge in [0.15, 0.2) is 5.82 Å². The van der Waals surface area contributed by atoms with Gasteiger partial charge in [-0.1, -0.05) is 5.16 Å². The van der Waals surface area contributed by atoms with E-state index < -0.39 is 23.2 Å². The monoisotopic (exact) mass is 272 g/mol. The summed E-state index contributed by atoms with van der Waals surface area (Å²) in [4.78, 5) is 18.9. The second kappa shape index (κ2) is 4.67. The minimum atomic E-state index is -4.65. The van der Waals surface area contributed by atoms with Gasteiger partial charge in [-0.25, -0.2) is 0 Å². The van der Waals surface area contributed by atoms with Crippen molar-refractivity contribution in [1.82, 2.24) is 15.1 Å². The van der Waals surface area contributed by atoms with Crippen molar-refractivity contribution in [2.24, 2.45) is 0 Å². The lowest BCUT2D eigenvalue weighted by Crippen LogP contribution is -2.19. The Kier molecular flexibility index (Phi) is 3.19. The predicted octanol–water partition coefficient (Wildman–Crippen LogP) is 2.04. The van der Waals surface area contributed by atoms with Crippen LogP contribution in [0.25, 0.3) is 0 Å². The number of hydrogen-bond donors (Lipinski definition) is 1. The Balaban J connectivity index is 2.29. The van der Waals surface area contributed by atoms with Crippen LogP contribution in [0.4, 0.5) is 19.2 Å². The molecule has 0 bridgehead atoms. The largest absolute Gasteiger partial charge is 0.417 e. The number of carbonyl (C=O) groups is 1. The summed E-state index contributed by atoms with van der Waals surface area (Å²) in [6, 6.07) is 0.438. The van der Waals surface area contributed by atoms with Gasteiger partial charge in [-0.05, 0) is 13.0 Å². The van der Waals surface area contributed by atoms with Gasteiger partial charge in [0.1, 0.15) is 0 Å². The first-order valence-corrected chi connectivity index (χ1v) is 5.01. The van der Waals surface area contributed by atoms with E-state index in [2.05, 4.69) is 25.0 Å². The van der Waals surface area contributed by atoms with Crippen molar-refractivity contribution >= 4 is 11.9 Å². The van der Waals surface area contributed by atoms with Crippen LogP contribution in [0.2, 0.25) is 0 Å². The molecular formula is C10H7F3N4O2. The van der Waals surface area contributed by atoms with E-state index in [-0.39, 0.29) is 11.8 Å². The lowest BCUT2D eigenvalue weighted by molar-refractivity contribution is -0.138. The molecule has 2 heterocycles. The third-order valence-electron chi connectivity index (χ3n) is 2.12. The maximum atomic E-state index is 12.7. The van der Waals surface area contributed by atoms with Crippen molar-refractivity contribution in [2.75, 3.05) is 5.32 Å². The maximum Gasteiger partial charge on any atom is 0.417 e. The Morgan fingerprint density at radius 1 is 1.42 bits per heavy atom. The van der Waals surface area contributed by atoms with Gasteiger partial charge in [0.25, 0.3) is 5.91 Å². The summed E-state index contributed by atoms with van der Waals surface area (Å²) in [5, 5.41) is 5.47. The van der Waals surface area contributed by atoms with E-state index >= 15 is 0 Å². The average Bonchev–Trinajstić information content (AvgIpc) is 2.73. The molecule has 2 rings (SSSR count). The number of hydrogen-bond acceptors (Lipinski definition) is 5. The van der Waals surface area contributed by atoms with E-state index in [1.54, 1.807) is 0 Å². The Bertz CT molecular complexity index is 609. The highest BCUT2D eigenvalue weighted by molar-refractivity contribution is 6.04. The summed E-state index contributed by atoms with van der Waals surface area (Å²) in [7, 11) is 0. The number of aromatic nitrogens is 3. The highest BCUT2D eigenvalue weighted by Crippen LogP contribution is 2.31. The lowest BCUT2D eigenvalue weighted by atomic mass is 10.1. The topological polar surface area (TPSA) is 80.9 Å². The number of pyridine rings is 1. The number of halogens is 3. The Hall–Kier alpha value is -2.45. The van der Waals surface area contributed by atoms with Gasteiger partial charge in [-0.2, -0.15) is 18.2 Å². The van der Waals surface area contributed by atoms with E-state index in [9.17, 15) is 18.0 Å². The molecule has 2 aromatic heterocycles. The van der Waals surface area contributed by atoms with Crippen molar-refractivity contribution < 1.29 is 22.5 Å². The Morgan fingerprint density at radius 3 is 2.74 bits per heavy atom. The zero-order chi connectivity index (χ0) is 14.0. The fourth-order valence-corrected chi connectivity index (χ4v) is 1.33. The van der Waals surface area contributed by atoms with E-state index in [1.165, 1.54) is 6.92 Å². The number of carbonyl (C=O) groups excluding carboxylic acids is 1. The number of rotatable bonds is 2. The number of nitrogens with zero attached hydrogens (tertiary/aromatic N) is 3. The van der Waals surface area contributed by atoms with E-state index in [0.29, 0.717) is 6.07 Å². The van der Waals surface area contributed by atoms with Crippen molar-refractivity contribution in [2.45, 2.75) is 13.1 Å². The molecule has 0 aliphatic rings. The SMILES string of the molecule is Cc1noc(NC(=O)c2cnccc2C(F)(F)F)n1. The smallest absolute Gasteiger partial charge is 0.315 e. The molecule has 0 aliphatic heterocycles. The molecule has 0 saturated heterocycles. The van der Waals surface area contributed by atoms with Crippen LogP contribution in [-0.2, 0) is 6.18 Å². The van der Waals surface area contributed by atoms with Crippen molar-refractivity contribution in [3.63, 3.8) is 0 Å². The minimum absolute atomic E-state index is 0.248. The lowest BCUT2D eigenvalue weighted by Gasteiger charge is -2.10. The molecule has 0 fully saturated rings. The highest BCUT2D eigenvalue weighted by Gasteiger charge is 2.35. The Morgan fingerprint density at radius 2 is 2.16 bits per heavy atom. The first-order valence-electron chi connectivity index (χ1n) is 5.01. The molecule has 6 nitrogen and oxygen atoms in total. The van der Waals surface area contributed by atoms with E-state index in [1.807, 2.05) is 0 Å². The van der Waals surface area contributed by atoms with Crippen molar-refractivity contribution in [1.29, 1.82) is 0 Å². The molecule has 0 unspecified atom stereocenters. The molecule has 100 valence electrons. The predicted molar refractivity (Wildman–Crippen MR) is 56.2 cm³/mol. The molecule has 0 aliphatic carbocycles.